The molecule has 22 heavy (non-hydrogen) atoms. The highest BCUT2D eigenvalue weighted by molar-refractivity contribution is 6.44. The van der Waals surface area contributed by atoms with Crippen molar-refractivity contribution in [1.29, 1.82) is 0 Å². The molecule has 1 radical (unpaired) electrons. The molecule has 0 aromatic rings. The number of hydrogen-bond donors (Lipinski definition) is 0. The van der Waals surface area contributed by atoms with Crippen molar-refractivity contribution in [2.45, 2.75) is 112 Å². The smallest absolute Gasteiger partial charge is 0.0671 e. The molecule has 0 aromatic carbocycles. The van der Waals surface area contributed by atoms with E-state index < -0.39 is 0 Å². The minimum atomic E-state index is 0.276. The molecule has 0 amide bonds. The highest BCUT2D eigenvalue weighted by atomic mass is 14.4. The minimum absolute atomic E-state index is 0.276. The van der Waals surface area contributed by atoms with Gasteiger partial charge >= 0.3 is 0 Å². The van der Waals surface area contributed by atoms with E-state index >= 15 is 0 Å². The van der Waals surface area contributed by atoms with Gasteiger partial charge in [-0.1, -0.05) is 92.7 Å². The maximum Gasteiger partial charge on any atom is 0.125 e. The van der Waals surface area contributed by atoms with E-state index in [0.717, 1.165) is 11.8 Å². The van der Waals surface area contributed by atoms with Gasteiger partial charge in [-0.3, -0.25) is 0 Å². The molecule has 1 saturated carbocycles. The molecule has 0 nitrogen and oxygen atoms in total. The van der Waals surface area contributed by atoms with Crippen molar-refractivity contribution in [2.75, 3.05) is 0 Å². The largest absolute Gasteiger partial charge is 0.125 e. The Morgan fingerprint density at radius 2 is 1.59 bits per heavy atom. The second-order valence-corrected chi connectivity index (χ2v) is 11.1. The fraction of sp³-hybridized carbons (Fsp3) is 1.00. The van der Waals surface area contributed by atoms with E-state index in [-0.39, 0.29) is 5.31 Å². The zero-order chi connectivity index (χ0) is 17.4. The molecule has 1 aliphatic rings. The maximum atomic E-state index is 2.64. The SMILES string of the molecule is CC(C)C1(C)CCC(CCC(C)(C)[B]C(C)(C)C(C)(C)C)C1. The quantitative estimate of drug-likeness (QED) is 0.449. The van der Waals surface area contributed by atoms with Crippen LogP contribution in [0.2, 0.25) is 10.6 Å². The van der Waals surface area contributed by atoms with Crippen molar-refractivity contribution in [3.05, 3.63) is 0 Å². The van der Waals surface area contributed by atoms with E-state index in [1.54, 1.807) is 0 Å². The Morgan fingerprint density at radius 1 is 1.05 bits per heavy atom. The molecular formula is C21H42B. The zero-order valence-electron chi connectivity index (χ0n) is 17.3. The Balaban J connectivity index is 2.54. The van der Waals surface area contributed by atoms with Crippen LogP contribution in [0.5, 0.6) is 0 Å². The third-order valence-electron chi connectivity index (χ3n) is 7.15. The number of rotatable bonds is 6. The first-order chi connectivity index (χ1) is 9.69. The molecule has 0 bridgehead atoms. The van der Waals surface area contributed by atoms with Gasteiger partial charge in [0.15, 0.2) is 0 Å². The summed E-state index contributed by atoms with van der Waals surface area (Å²) >= 11 is 0. The summed E-state index contributed by atoms with van der Waals surface area (Å²) in [6.07, 6.45) is 7.08. The van der Waals surface area contributed by atoms with E-state index in [1.165, 1.54) is 32.1 Å². The monoisotopic (exact) mass is 305 g/mol. The molecule has 0 N–H and O–H groups in total. The Labute approximate surface area is 142 Å². The average Bonchev–Trinajstić information content (AvgIpc) is 2.67. The summed E-state index contributed by atoms with van der Waals surface area (Å²) in [6, 6.07) is 0. The summed E-state index contributed by atoms with van der Waals surface area (Å²) in [5.74, 6) is 1.79. The van der Waals surface area contributed by atoms with Gasteiger partial charge in [-0.15, -0.1) is 0 Å². The van der Waals surface area contributed by atoms with Gasteiger partial charge in [0.05, 0.1) is 0 Å². The van der Waals surface area contributed by atoms with Gasteiger partial charge in [-0.25, -0.2) is 0 Å². The Morgan fingerprint density at radius 3 is 2.00 bits per heavy atom. The van der Waals surface area contributed by atoms with Crippen LogP contribution in [0.4, 0.5) is 0 Å². The Bertz CT molecular complexity index is 359. The first-order valence-electron chi connectivity index (χ1n) is 9.56. The molecule has 0 aliphatic heterocycles. The molecule has 129 valence electrons. The molecule has 1 heteroatoms. The van der Waals surface area contributed by atoms with Gasteiger partial charge in [0, 0.05) is 0 Å². The van der Waals surface area contributed by atoms with Gasteiger partial charge in [-0.2, -0.15) is 0 Å². The number of hydrogen-bond acceptors (Lipinski definition) is 0. The lowest BCUT2D eigenvalue weighted by molar-refractivity contribution is 0.215. The predicted molar refractivity (Wildman–Crippen MR) is 103 cm³/mol. The summed E-state index contributed by atoms with van der Waals surface area (Å²) in [6.45, 7) is 24.1. The van der Waals surface area contributed by atoms with Crippen LogP contribution in [0, 0.1) is 22.7 Å². The van der Waals surface area contributed by atoms with Crippen molar-refractivity contribution in [3.63, 3.8) is 0 Å². The second kappa shape index (κ2) is 6.52. The fourth-order valence-electron chi connectivity index (χ4n) is 4.01. The van der Waals surface area contributed by atoms with Crippen LogP contribution in [0.3, 0.4) is 0 Å². The second-order valence-electron chi connectivity index (χ2n) is 11.1. The van der Waals surface area contributed by atoms with Crippen LogP contribution >= 0.6 is 0 Å². The summed E-state index contributed by atoms with van der Waals surface area (Å²) < 4.78 is 0. The lowest BCUT2D eigenvalue weighted by Gasteiger charge is -2.44. The predicted octanol–water partition coefficient (Wildman–Crippen LogP) is 7.38. The maximum absolute atomic E-state index is 2.64. The van der Waals surface area contributed by atoms with Crippen molar-refractivity contribution >= 4 is 7.28 Å². The minimum Gasteiger partial charge on any atom is -0.0671 e. The zero-order valence-corrected chi connectivity index (χ0v) is 17.3. The summed E-state index contributed by atoms with van der Waals surface area (Å²) in [4.78, 5) is 0. The standard InChI is InChI=1S/C21H42B/c1-16(2)21(10)14-12-17(15-21)11-13-19(6,7)22-20(8,9)18(3,4)5/h16-17H,11-15H2,1-10H3. The van der Waals surface area contributed by atoms with E-state index in [2.05, 4.69) is 76.5 Å². The van der Waals surface area contributed by atoms with Gasteiger partial charge in [0.1, 0.15) is 7.28 Å². The third kappa shape index (κ3) is 5.03. The van der Waals surface area contributed by atoms with E-state index in [4.69, 9.17) is 0 Å². The topological polar surface area (TPSA) is 0 Å². The molecular weight excluding hydrogens is 263 g/mol. The molecule has 2 unspecified atom stereocenters. The molecule has 0 saturated heterocycles. The lowest BCUT2D eigenvalue weighted by atomic mass is 9.34. The van der Waals surface area contributed by atoms with Crippen LogP contribution in [0.1, 0.15) is 101 Å². The van der Waals surface area contributed by atoms with Crippen molar-refractivity contribution in [2.24, 2.45) is 22.7 Å². The average molecular weight is 305 g/mol. The first kappa shape index (κ1) is 20.1. The lowest BCUT2D eigenvalue weighted by Crippen LogP contribution is -2.34. The highest BCUT2D eigenvalue weighted by Gasteiger charge is 2.40. The van der Waals surface area contributed by atoms with Crippen LogP contribution in [0.25, 0.3) is 0 Å². The van der Waals surface area contributed by atoms with Crippen LogP contribution in [-0.4, -0.2) is 7.28 Å². The highest BCUT2D eigenvalue weighted by Crippen LogP contribution is 2.52. The molecule has 0 heterocycles. The van der Waals surface area contributed by atoms with Gasteiger partial charge in [0.2, 0.25) is 0 Å². The first-order valence-corrected chi connectivity index (χ1v) is 9.56. The molecule has 0 spiro atoms. The fourth-order valence-corrected chi connectivity index (χ4v) is 4.01. The van der Waals surface area contributed by atoms with Crippen LogP contribution in [-0.2, 0) is 0 Å². The molecule has 1 aliphatic carbocycles. The Hall–Kier alpha value is 0.0649. The summed E-state index contributed by atoms with van der Waals surface area (Å²) in [7, 11) is 2.64. The summed E-state index contributed by atoms with van der Waals surface area (Å²) in [5, 5.41) is 0.617. The Kier molecular flexibility index (Phi) is 5.96. The molecule has 1 fully saturated rings. The van der Waals surface area contributed by atoms with Crippen LogP contribution < -0.4 is 0 Å². The molecule has 2 atom stereocenters. The van der Waals surface area contributed by atoms with Crippen molar-refractivity contribution < 1.29 is 0 Å². The van der Waals surface area contributed by atoms with Gasteiger partial charge < -0.3 is 0 Å². The van der Waals surface area contributed by atoms with Crippen molar-refractivity contribution in [3.8, 4) is 0 Å². The normalized spacial score (nSPS) is 27.5. The van der Waals surface area contributed by atoms with E-state index in [0.29, 0.717) is 16.1 Å². The molecule has 1 rings (SSSR count). The van der Waals surface area contributed by atoms with Crippen LogP contribution in [0.15, 0.2) is 0 Å². The van der Waals surface area contributed by atoms with Gasteiger partial charge in [0.25, 0.3) is 0 Å². The summed E-state index contributed by atoms with van der Waals surface area (Å²) in [5.41, 5.74) is 0.928. The third-order valence-corrected chi connectivity index (χ3v) is 7.15. The van der Waals surface area contributed by atoms with Gasteiger partial charge in [-0.05, 0) is 41.9 Å². The van der Waals surface area contributed by atoms with E-state index in [9.17, 15) is 0 Å². The van der Waals surface area contributed by atoms with Crippen molar-refractivity contribution in [1.82, 2.24) is 0 Å². The molecule has 0 aromatic heterocycles. The van der Waals surface area contributed by atoms with E-state index in [1.807, 2.05) is 0 Å².